The van der Waals surface area contributed by atoms with Crippen LogP contribution in [0.15, 0.2) is 96.9 Å². The van der Waals surface area contributed by atoms with Crippen LogP contribution < -0.4 is 14.4 Å². The number of nitrogens with zero attached hydrogens (tertiary/aromatic N) is 3. The van der Waals surface area contributed by atoms with Gasteiger partial charge in [0, 0.05) is 18.7 Å². The number of carbonyl (C=O) groups excluding carboxylic acids is 1. The molecule has 0 saturated carbocycles. The van der Waals surface area contributed by atoms with Crippen molar-refractivity contribution in [2.24, 2.45) is 0 Å². The van der Waals surface area contributed by atoms with E-state index in [9.17, 15) is 13.2 Å². The number of amides is 1. The maximum atomic E-state index is 13.9. The zero-order valence-electron chi connectivity index (χ0n) is 21.7. The van der Waals surface area contributed by atoms with E-state index in [-0.39, 0.29) is 30.4 Å². The number of rotatable bonds is 12. The molecular formula is C29H29N3O5S2. The van der Waals surface area contributed by atoms with Crippen molar-refractivity contribution < 1.29 is 22.7 Å². The number of fused-ring (bicyclic) bond motifs is 1. The van der Waals surface area contributed by atoms with Crippen LogP contribution in [0, 0.1) is 0 Å². The predicted octanol–water partition coefficient (Wildman–Crippen LogP) is 5.52. The van der Waals surface area contributed by atoms with E-state index < -0.39 is 10.0 Å². The number of methoxy groups -OCH3 is 2. The molecule has 8 nitrogen and oxygen atoms in total. The number of sulfonamides is 1. The Morgan fingerprint density at radius 3 is 2.13 bits per heavy atom. The SMILES string of the molecule is C=CCN(CC=C)S(=O)(=O)c1ccc(C(=O)N(Cc2ccccc2)c2nc3c(OC)ccc(OC)c3s2)cc1. The van der Waals surface area contributed by atoms with Crippen molar-refractivity contribution in [3.63, 3.8) is 0 Å². The molecule has 3 aromatic carbocycles. The zero-order valence-corrected chi connectivity index (χ0v) is 23.4. The van der Waals surface area contributed by atoms with Crippen LogP contribution in [0.25, 0.3) is 10.2 Å². The minimum absolute atomic E-state index is 0.0758. The molecular weight excluding hydrogens is 534 g/mol. The first-order chi connectivity index (χ1) is 18.8. The number of anilines is 1. The average molecular weight is 564 g/mol. The summed E-state index contributed by atoms with van der Waals surface area (Å²) in [6, 6.07) is 19.0. The molecule has 202 valence electrons. The lowest BCUT2D eigenvalue weighted by Crippen LogP contribution is -2.32. The van der Waals surface area contributed by atoms with E-state index in [1.807, 2.05) is 30.3 Å². The quantitative estimate of drug-likeness (QED) is 0.211. The van der Waals surface area contributed by atoms with Crippen molar-refractivity contribution in [3.05, 3.63) is 103 Å². The van der Waals surface area contributed by atoms with Gasteiger partial charge in [-0.2, -0.15) is 4.31 Å². The van der Waals surface area contributed by atoms with Gasteiger partial charge in [-0.1, -0.05) is 53.8 Å². The van der Waals surface area contributed by atoms with E-state index in [0.29, 0.717) is 27.7 Å². The highest BCUT2D eigenvalue weighted by molar-refractivity contribution is 7.89. The van der Waals surface area contributed by atoms with Crippen LogP contribution in [0.1, 0.15) is 15.9 Å². The lowest BCUT2D eigenvalue weighted by Gasteiger charge is -2.21. The smallest absolute Gasteiger partial charge is 0.260 e. The fourth-order valence-corrected chi connectivity index (χ4v) is 6.47. The summed E-state index contributed by atoms with van der Waals surface area (Å²) >= 11 is 1.32. The van der Waals surface area contributed by atoms with Gasteiger partial charge in [-0.3, -0.25) is 9.69 Å². The molecule has 1 aromatic heterocycles. The molecule has 1 heterocycles. The second kappa shape index (κ2) is 12.2. The van der Waals surface area contributed by atoms with E-state index in [0.717, 1.165) is 10.3 Å². The lowest BCUT2D eigenvalue weighted by molar-refractivity contribution is 0.0985. The van der Waals surface area contributed by atoms with E-state index in [1.165, 1.54) is 52.1 Å². The Morgan fingerprint density at radius 1 is 0.923 bits per heavy atom. The number of thiazole rings is 1. The maximum absolute atomic E-state index is 13.9. The topological polar surface area (TPSA) is 89.0 Å². The summed E-state index contributed by atoms with van der Waals surface area (Å²) in [6.07, 6.45) is 3.03. The Morgan fingerprint density at radius 2 is 1.54 bits per heavy atom. The van der Waals surface area contributed by atoms with E-state index in [1.54, 1.807) is 31.3 Å². The summed E-state index contributed by atoms with van der Waals surface area (Å²) in [5.74, 6) is 0.868. The first-order valence-corrected chi connectivity index (χ1v) is 14.3. The van der Waals surface area contributed by atoms with Gasteiger partial charge in [0.25, 0.3) is 5.91 Å². The van der Waals surface area contributed by atoms with Gasteiger partial charge < -0.3 is 9.47 Å². The molecule has 4 aromatic rings. The largest absolute Gasteiger partial charge is 0.495 e. The summed E-state index contributed by atoms with van der Waals surface area (Å²) in [5, 5.41) is 0.460. The molecule has 39 heavy (non-hydrogen) atoms. The second-order valence-electron chi connectivity index (χ2n) is 8.44. The molecule has 0 fully saturated rings. The van der Waals surface area contributed by atoms with Crippen molar-refractivity contribution >= 4 is 42.6 Å². The summed E-state index contributed by atoms with van der Waals surface area (Å²) < 4.78 is 39.3. The van der Waals surface area contributed by atoms with Gasteiger partial charge in [-0.15, -0.1) is 13.2 Å². The normalized spacial score (nSPS) is 11.4. The monoisotopic (exact) mass is 563 g/mol. The molecule has 0 atom stereocenters. The fourth-order valence-electron chi connectivity index (χ4n) is 4.02. The van der Waals surface area contributed by atoms with Crippen LogP contribution >= 0.6 is 11.3 Å². The molecule has 0 N–H and O–H groups in total. The van der Waals surface area contributed by atoms with E-state index >= 15 is 0 Å². The zero-order chi connectivity index (χ0) is 28.0. The van der Waals surface area contributed by atoms with Gasteiger partial charge in [0.05, 0.1) is 25.7 Å². The minimum atomic E-state index is -3.79. The fraction of sp³-hybridized carbons (Fsp3) is 0.172. The van der Waals surface area contributed by atoms with Crippen molar-refractivity contribution in [3.8, 4) is 11.5 Å². The molecule has 0 aliphatic carbocycles. The van der Waals surface area contributed by atoms with Crippen LogP contribution in [0.4, 0.5) is 5.13 Å². The Bertz CT molecular complexity index is 1530. The third kappa shape index (κ3) is 5.88. The van der Waals surface area contributed by atoms with Gasteiger partial charge in [-0.25, -0.2) is 13.4 Å². The predicted molar refractivity (Wildman–Crippen MR) is 155 cm³/mol. The molecule has 0 bridgehead atoms. The molecule has 10 heteroatoms. The standard InChI is InChI=1S/C29H29N3O5S2/c1-5-18-31(19-6-2)39(34,35)23-14-12-22(13-15-23)28(33)32(20-21-10-8-7-9-11-21)29-30-26-24(36-3)16-17-25(37-4)27(26)38-29/h5-17H,1-2,18-20H2,3-4H3. The Balaban J connectivity index is 1.74. The number of hydrogen-bond acceptors (Lipinski definition) is 7. The van der Waals surface area contributed by atoms with E-state index in [4.69, 9.17) is 14.5 Å². The van der Waals surface area contributed by atoms with Crippen molar-refractivity contribution in [1.29, 1.82) is 0 Å². The summed E-state index contributed by atoms with van der Waals surface area (Å²) in [4.78, 5) is 20.3. The van der Waals surface area contributed by atoms with Crippen LogP contribution in [0.2, 0.25) is 0 Å². The number of ether oxygens (including phenoxy) is 2. The van der Waals surface area contributed by atoms with Crippen molar-refractivity contribution in [2.75, 3.05) is 32.2 Å². The van der Waals surface area contributed by atoms with E-state index in [2.05, 4.69) is 13.2 Å². The maximum Gasteiger partial charge on any atom is 0.260 e. The number of carbonyl (C=O) groups is 1. The summed E-state index contributed by atoms with van der Waals surface area (Å²) in [7, 11) is -0.652. The minimum Gasteiger partial charge on any atom is -0.495 e. The third-order valence-electron chi connectivity index (χ3n) is 5.96. The highest BCUT2D eigenvalue weighted by atomic mass is 32.2. The highest BCUT2D eigenvalue weighted by Gasteiger charge is 2.26. The Labute approximate surface area is 232 Å². The van der Waals surface area contributed by atoms with Gasteiger partial charge in [0.15, 0.2) is 5.13 Å². The van der Waals surface area contributed by atoms with Gasteiger partial charge >= 0.3 is 0 Å². The highest BCUT2D eigenvalue weighted by Crippen LogP contribution is 2.40. The van der Waals surface area contributed by atoms with Gasteiger partial charge in [-0.05, 0) is 42.0 Å². The molecule has 1 amide bonds. The Kier molecular flexibility index (Phi) is 8.80. The van der Waals surface area contributed by atoms with Gasteiger partial charge in [0.1, 0.15) is 21.7 Å². The molecule has 0 aliphatic heterocycles. The van der Waals surface area contributed by atoms with Crippen LogP contribution in [-0.2, 0) is 16.6 Å². The Hall–Kier alpha value is -3.99. The molecule has 0 unspecified atom stereocenters. The molecule has 0 aliphatic rings. The molecule has 0 spiro atoms. The summed E-state index contributed by atoms with van der Waals surface area (Å²) in [6.45, 7) is 7.82. The second-order valence-corrected chi connectivity index (χ2v) is 11.4. The first-order valence-electron chi connectivity index (χ1n) is 12.0. The third-order valence-corrected chi connectivity index (χ3v) is 8.90. The lowest BCUT2D eigenvalue weighted by atomic mass is 10.1. The molecule has 0 saturated heterocycles. The number of benzene rings is 3. The van der Waals surface area contributed by atoms with Gasteiger partial charge in [0.2, 0.25) is 10.0 Å². The summed E-state index contributed by atoms with van der Waals surface area (Å²) in [5.41, 5.74) is 1.82. The molecule has 0 radical (unpaired) electrons. The van der Waals surface area contributed by atoms with Crippen LogP contribution in [0.3, 0.4) is 0 Å². The average Bonchev–Trinajstić information content (AvgIpc) is 3.41. The van der Waals surface area contributed by atoms with Crippen molar-refractivity contribution in [1.82, 2.24) is 9.29 Å². The van der Waals surface area contributed by atoms with Crippen LogP contribution in [0.5, 0.6) is 11.5 Å². The molecule has 4 rings (SSSR count). The van der Waals surface area contributed by atoms with Crippen LogP contribution in [-0.4, -0.2) is 50.9 Å². The first kappa shape index (κ1) is 28.0. The van der Waals surface area contributed by atoms with Crippen molar-refractivity contribution in [2.45, 2.75) is 11.4 Å². The number of aromatic nitrogens is 1. The number of hydrogen-bond donors (Lipinski definition) is 0.